The molecule has 3 aromatic rings. The maximum Gasteiger partial charge on any atom is 0.254 e. The number of hydrogen-bond acceptors (Lipinski definition) is 5. The smallest absolute Gasteiger partial charge is 0.254 e. The van der Waals surface area contributed by atoms with Gasteiger partial charge in [-0.15, -0.1) is 0 Å². The average molecular weight is 466 g/mol. The van der Waals surface area contributed by atoms with E-state index in [1.807, 2.05) is 85.8 Å². The number of amides is 1. The standard InChI is InChI=1S/C28H23N3O2S/c1-19-25(27(33)31-22-15-9-4-10-16-22)26(21-13-7-3-8-14-21)23(17-29)28(30-19)34-18-24(32)20-11-5-2-6-12-20/h2-16,26,30H,18H2,1H3,(H,31,33)/t26-/m1/s1. The zero-order valence-corrected chi connectivity index (χ0v) is 19.4. The van der Waals surface area contributed by atoms with E-state index in [-0.39, 0.29) is 17.4 Å². The SMILES string of the molecule is CC1=C(C(=O)Nc2ccccc2)[C@H](c2ccccc2)C(C#N)=C(SCC(=O)c2ccccc2)N1. The number of Topliss-reactive ketones (excluding diaryl/α,β-unsaturated/α-hetero) is 1. The summed E-state index contributed by atoms with van der Waals surface area (Å²) in [5.74, 6) is -0.673. The van der Waals surface area contributed by atoms with Crippen LogP contribution in [0.4, 0.5) is 5.69 Å². The Bertz CT molecular complexity index is 1290. The van der Waals surface area contributed by atoms with Gasteiger partial charge in [0.2, 0.25) is 0 Å². The minimum atomic E-state index is -0.550. The van der Waals surface area contributed by atoms with Crippen molar-refractivity contribution >= 4 is 29.1 Å². The normalized spacial score (nSPS) is 15.4. The van der Waals surface area contributed by atoms with Gasteiger partial charge in [-0.05, 0) is 24.6 Å². The van der Waals surface area contributed by atoms with Gasteiger partial charge >= 0.3 is 0 Å². The van der Waals surface area contributed by atoms with Gasteiger partial charge in [0.25, 0.3) is 5.91 Å². The van der Waals surface area contributed by atoms with Crippen molar-refractivity contribution in [2.24, 2.45) is 0 Å². The van der Waals surface area contributed by atoms with Crippen molar-refractivity contribution in [1.29, 1.82) is 5.26 Å². The predicted molar refractivity (Wildman–Crippen MR) is 136 cm³/mol. The fraction of sp³-hybridized carbons (Fsp3) is 0.107. The number of carbonyl (C=O) groups is 2. The molecule has 5 nitrogen and oxygen atoms in total. The topological polar surface area (TPSA) is 82.0 Å². The van der Waals surface area contributed by atoms with Gasteiger partial charge in [-0.2, -0.15) is 5.26 Å². The van der Waals surface area contributed by atoms with Crippen molar-refractivity contribution in [2.75, 3.05) is 11.1 Å². The molecule has 1 heterocycles. The van der Waals surface area contributed by atoms with E-state index in [2.05, 4.69) is 16.7 Å². The summed E-state index contributed by atoms with van der Waals surface area (Å²) in [6.07, 6.45) is 0. The number of rotatable bonds is 7. The summed E-state index contributed by atoms with van der Waals surface area (Å²) in [5.41, 5.74) is 3.68. The van der Waals surface area contributed by atoms with E-state index in [1.165, 1.54) is 11.8 Å². The van der Waals surface area contributed by atoms with Gasteiger partial charge < -0.3 is 10.6 Å². The Morgan fingerprint density at radius 2 is 1.53 bits per heavy atom. The average Bonchev–Trinajstić information content (AvgIpc) is 2.88. The monoisotopic (exact) mass is 465 g/mol. The number of anilines is 1. The molecular weight excluding hydrogens is 442 g/mol. The largest absolute Gasteiger partial charge is 0.353 e. The van der Waals surface area contributed by atoms with Gasteiger partial charge in [-0.25, -0.2) is 0 Å². The van der Waals surface area contributed by atoms with Crippen LogP contribution in [0.5, 0.6) is 0 Å². The van der Waals surface area contributed by atoms with Crippen molar-refractivity contribution < 1.29 is 9.59 Å². The second kappa shape index (κ2) is 10.7. The van der Waals surface area contributed by atoms with Gasteiger partial charge in [0.15, 0.2) is 5.78 Å². The van der Waals surface area contributed by atoms with E-state index in [0.29, 0.717) is 33.1 Å². The number of thioether (sulfide) groups is 1. The number of hydrogen-bond donors (Lipinski definition) is 2. The molecule has 1 aliphatic rings. The van der Waals surface area contributed by atoms with Crippen LogP contribution in [0.2, 0.25) is 0 Å². The van der Waals surface area contributed by atoms with Crippen LogP contribution in [-0.4, -0.2) is 17.4 Å². The van der Waals surface area contributed by atoms with Crippen LogP contribution in [0.15, 0.2) is 113 Å². The summed E-state index contributed by atoms with van der Waals surface area (Å²) >= 11 is 1.28. The maximum atomic E-state index is 13.4. The lowest BCUT2D eigenvalue weighted by atomic mass is 9.82. The predicted octanol–water partition coefficient (Wildman–Crippen LogP) is 5.64. The van der Waals surface area contributed by atoms with E-state index >= 15 is 0 Å². The highest BCUT2D eigenvalue weighted by molar-refractivity contribution is 8.03. The first-order valence-corrected chi connectivity index (χ1v) is 11.8. The molecule has 0 saturated carbocycles. The summed E-state index contributed by atoms with van der Waals surface area (Å²) in [4.78, 5) is 26.0. The highest BCUT2D eigenvalue weighted by Crippen LogP contribution is 2.41. The number of carbonyl (C=O) groups excluding carboxylic acids is 2. The molecule has 6 heteroatoms. The summed E-state index contributed by atoms with van der Waals surface area (Å²) < 4.78 is 0. The Morgan fingerprint density at radius 3 is 2.15 bits per heavy atom. The molecule has 168 valence electrons. The summed E-state index contributed by atoms with van der Waals surface area (Å²) in [5, 5.41) is 16.9. The summed E-state index contributed by atoms with van der Waals surface area (Å²) in [6, 6.07) is 30.1. The van der Waals surface area contributed by atoms with Gasteiger partial charge in [-0.3, -0.25) is 9.59 Å². The molecule has 0 spiro atoms. The van der Waals surface area contributed by atoms with Crippen molar-refractivity contribution in [3.8, 4) is 6.07 Å². The molecule has 2 N–H and O–H groups in total. The van der Waals surface area contributed by atoms with E-state index in [0.717, 1.165) is 5.56 Å². The number of dihydropyridines is 1. The number of nitriles is 1. The Labute approximate surface area is 203 Å². The van der Waals surface area contributed by atoms with Crippen LogP contribution in [0, 0.1) is 11.3 Å². The molecule has 0 bridgehead atoms. The van der Waals surface area contributed by atoms with Crippen molar-refractivity contribution in [3.05, 3.63) is 124 Å². The van der Waals surface area contributed by atoms with Crippen molar-refractivity contribution in [1.82, 2.24) is 5.32 Å². The fourth-order valence-corrected chi connectivity index (χ4v) is 4.86. The highest BCUT2D eigenvalue weighted by Gasteiger charge is 2.34. The first kappa shape index (κ1) is 23.1. The van der Waals surface area contributed by atoms with Gasteiger partial charge in [-0.1, -0.05) is 90.6 Å². The number of nitrogens with zero attached hydrogens (tertiary/aromatic N) is 1. The second-order valence-corrected chi connectivity index (χ2v) is 8.75. The van der Waals surface area contributed by atoms with E-state index < -0.39 is 5.92 Å². The fourth-order valence-electron chi connectivity index (χ4n) is 3.87. The third-order valence-corrected chi connectivity index (χ3v) is 6.52. The van der Waals surface area contributed by atoms with E-state index in [1.54, 1.807) is 12.1 Å². The third kappa shape index (κ3) is 5.11. The Morgan fingerprint density at radius 1 is 0.941 bits per heavy atom. The quantitative estimate of drug-likeness (QED) is 0.442. The summed E-state index contributed by atoms with van der Waals surface area (Å²) in [6.45, 7) is 1.82. The molecule has 0 saturated heterocycles. The van der Waals surface area contributed by atoms with Crippen LogP contribution < -0.4 is 10.6 Å². The molecular formula is C28H23N3O2S. The van der Waals surface area contributed by atoms with Crippen LogP contribution in [0.1, 0.15) is 28.8 Å². The molecule has 1 atom stereocenters. The molecule has 0 unspecified atom stereocenters. The lowest BCUT2D eigenvalue weighted by Gasteiger charge is -2.29. The Kier molecular flexibility index (Phi) is 7.26. The van der Waals surface area contributed by atoms with Gasteiger partial charge in [0.05, 0.1) is 28.3 Å². The Balaban J connectivity index is 1.67. The van der Waals surface area contributed by atoms with Crippen molar-refractivity contribution in [2.45, 2.75) is 12.8 Å². The third-order valence-electron chi connectivity index (χ3n) is 5.50. The number of ketones is 1. The van der Waals surface area contributed by atoms with E-state index in [9.17, 15) is 14.9 Å². The maximum absolute atomic E-state index is 13.4. The number of allylic oxidation sites excluding steroid dienone is 2. The van der Waals surface area contributed by atoms with E-state index in [4.69, 9.17) is 0 Å². The summed E-state index contributed by atoms with van der Waals surface area (Å²) in [7, 11) is 0. The van der Waals surface area contributed by atoms with Gasteiger partial charge in [0, 0.05) is 22.5 Å². The zero-order valence-electron chi connectivity index (χ0n) is 18.6. The minimum Gasteiger partial charge on any atom is -0.353 e. The zero-order chi connectivity index (χ0) is 23.9. The Hall–Kier alpha value is -4.08. The second-order valence-electron chi connectivity index (χ2n) is 7.76. The molecule has 0 aliphatic carbocycles. The number of nitrogens with one attached hydrogen (secondary N) is 2. The molecule has 1 aliphatic heterocycles. The van der Waals surface area contributed by atoms with Crippen LogP contribution in [0.25, 0.3) is 0 Å². The van der Waals surface area contributed by atoms with Crippen LogP contribution in [-0.2, 0) is 4.79 Å². The molecule has 34 heavy (non-hydrogen) atoms. The molecule has 3 aromatic carbocycles. The lowest BCUT2D eigenvalue weighted by Crippen LogP contribution is -2.31. The molecule has 0 fully saturated rings. The number of para-hydroxylation sites is 1. The van der Waals surface area contributed by atoms with Gasteiger partial charge in [0.1, 0.15) is 0 Å². The molecule has 0 aromatic heterocycles. The minimum absolute atomic E-state index is 0.0253. The van der Waals surface area contributed by atoms with Crippen LogP contribution >= 0.6 is 11.8 Å². The first-order chi connectivity index (χ1) is 16.6. The number of benzene rings is 3. The molecule has 0 radical (unpaired) electrons. The molecule has 4 rings (SSSR count). The van der Waals surface area contributed by atoms with Crippen molar-refractivity contribution in [3.63, 3.8) is 0 Å². The van der Waals surface area contributed by atoms with Crippen LogP contribution in [0.3, 0.4) is 0 Å². The molecule has 1 amide bonds. The first-order valence-electron chi connectivity index (χ1n) is 10.8. The highest BCUT2D eigenvalue weighted by atomic mass is 32.2. The lowest BCUT2D eigenvalue weighted by molar-refractivity contribution is -0.113.